The first-order chi connectivity index (χ1) is 6.11. The van der Waals surface area contributed by atoms with Gasteiger partial charge in [0.25, 0.3) is 0 Å². The molecule has 0 aliphatic rings. The summed E-state index contributed by atoms with van der Waals surface area (Å²) in [5.74, 6) is 3.14. The molecule has 0 aromatic carbocycles. The molecule has 0 spiro atoms. The van der Waals surface area contributed by atoms with Crippen molar-refractivity contribution in [3.05, 3.63) is 0 Å². The number of rotatable bonds is 6. The summed E-state index contributed by atoms with van der Waals surface area (Å²) >= 11 is 0. The fourth-order valence-electron chi connectivity index (χ4n) is 1.41. The molecule has 0 aliphatic carbocycles. The molecule has 0 rings (SSSR count). The minimum atomic E-state index is -0.0947. The Morgan fingerprint density at radius 3 is 2.46 bits per heavy atom. The van der Waals surface area contributed by atoms with Crippen LogP contribution >= 0.6 is 0 Å². The average molecular weight is 181 g/mol. The van der Waals surface area contributed by atoms with Crippen LogP contribution in [0, 0.1) is 24.2 Å². The number of nitrogens with two attached hydrogens (primary N) is 1. The van der Waals surface area contributed by atoms with Gasteiger partial charge in [-0.3, -0.25) is 4.79 Å². The molecule has 0 aromatic heterocycles. The van der Waals surface area contributed by atoms with Crippen molar-refractivity contribution in [2.45, 2.75) is 33.1 Å². The van der Waals surface area contributed by atoms with Crippen molar-refractivity contribution in [1.29, 1.82) is 0 Å². The maximum atomic E-state index is 10.9. The number of hydrogen-bond acceptors (Lipinski definition) is 2. The van der Waals surface area contributed by atoms with Gasteiger partial charge in [-0.25, -0.2) is 0 Å². The topological polar surface area (TPSA) is 43.1 Å². The lowest BCUT2D eigenvalue weighted by molar-refractivity contribution is -0.114. The van der Waals surface area contributed by atoms with E-state index in [0.29, 0.717) is 24.8 Å². The minimum Gasteiger partial charge on any atom is -0.330 e. The van der Waals surface area contributed by atoms with E-state index in [2.05, 4.69) is 19.8 Å². The molecule has 0 aromatic rings. The second-order valence-electron chi connectivity index (χ2n) is 3.69. The summed E-state index contributed by atoms with van der Waals surface area (Å²) in [4.78, 5) is 10.9. The lowest BCUT2D eigenvalue weighted by atomic mass is 9.88. The van der Waals surface area contributed by atoms with Crippen LogP contribution in [0.5, 0.6) is 0 Å². The van der Waals surface area contributed by atoms with E-state index in [1.165, 1.54) is 0 Å². The molecule has 0 heterocycles. The molecule has 0 bridgehead atoms. The van der Waals surface area contributed by atoms with Crippen LogP contribution in [0.25, 0.3) is 0 Å². The van der Waals surface area contributed by atoms with Crippen LogP contribution in [0.1, 0.15) is 33.1 Å². The predicted molar refractivity (Wildman–Crippen MR) is 55.1 cm³/mol. The van der Waals surface area contributed by atoms with E-state index >= 15 is 0 Å². The van der Waals surface area contributed by atoms with E-state index in [-0.39, 0.29) is 5.78 Å². The van der Waals surface area contributed by atoms with Crippen molar-refractivity contribution >= 4 is 5.78 Å². The molecule has 0 aliphatic heterocycles. The van der Waals surface area contributed by atoms with Crippen LogP contribution in [0.3, 0.4) is 0 Å². The van der Waals surface area contributed by atoms with Crippen LogP contribution in [-0.4, -0.2) is 12.3 Å². The quantitative estimate of drug-likeness (QED) is 0.499. The zero-order valence-corrected chi connectivity index (χ0v) is 8.55. The Kier molecular flexibility index (Phi) is 6.26. The Balaban J connectivity index is 3.83. The van der Waals surface area contributed by atoms with Gasteiger partial charge in [0, 0.05) is 6.42 Å². The lowest BCUT2D eigenvalue weighted by Crippen LogP contribution is -2.15. The molecule has 1 atom stereocenters. The molecule has 0 saturated carbocycles. The highest BCUT2D eigenvalue weighted by molar-refractivity contribution is 5.94. The third-order valence-electron chi connectivity index (χ3n) is 2.38. The van der Waals surface area contributed by atoms with Gasteiger partial charge in [0.1, 0.15) is 0 Å². The zero-order valence-electron chi connectivity index (χ0n) is 8.55. The molecule has 0 radical (unpaired) electrons. The highest BCUT2D eigenvalue weighted by atomic mass is 16.1. The summed E-state index contributed by atoms with van der Waals surface area (Å²) < 4.78 is 0. The summed E-state index contributed by atoms with van der Waals surface area (Å²) in [6, 6.07) is 0. The van der Waals surface area contributed by atoms with E-state index in [9.17, 15) is 4.79 Å². The van der Waals surface area contributed by atoms with Gasteiger partial charge in [0.2, 0.25) is 5.78 Å². The van der Waals surface area contributed by atoms with Crippen molar-refractivity contribution in [2.24, 2.45) is 17.6 Å². The highest BCUT2D eigenvalue weighted by Gasteiger charge is 2.13. The van der Waals surface area contributed by atoms with E-state index in [4.69, 9.17) is 12.2 Å². The molecule has 0 amide bonds. The highest BCUT2D eigenvalue weighted by Crippen LogP contribution is 2.20. The number of carbonyl (C=O) groups excluding carboxylic acids is 1. The third-order valence-corrected chi connectivity index (χ3v) is 2.38. The summed E-state index contributed by atoms with van der Waals surface area (Å²) in [5.41, 5.74) is 5.48. The zero-order chi connectivity index (χ0) is 10.3. The van der Waals surface area contributed by atoms with Gasteiger partial charge >= 0.3 is 0 Å². The number of ketones is 1. The van der Waals surface area contributed by atoms with Gasteiger partial charge in [-0.15, -0.1) is 6.42 Å². The summed E-state index contributed by atoms with van der Waals surface area (Å²) in [6.07, 6.45) is 7.34. The van der Waals surface area contributed by atoms with Crippen LogP contribution in [0.15, 0.2) is 0 Å². The molecular formula is C11H19NO. The Labute approximate surface area is 80.9 Å². The summed E-state index contributed by atoms with van der Waals surface area (Å²) in [6.45, 7) is 4.99. The molecule has 0 fully saturated rings. The van der Waals surface area contributed by atoms with Gasteiger partial charge in [-0.1, -0.05) is 13.8 Å². The van der Waals surface area contributed by atoms with Gasteiger partial charge in [0.05, 0.1) is 0 Å². The maximum Gasteiger partial charge on any atom is 0.205 e. The van der Waals surface area contributed by atoms with Crippen molar-refractivity contribution in [3.8, 4) is 12.3 Å². The smallest absolute Gasteiger partial charge is 0.205 e. The predicted octanol–water partition coefficient (Wildman–Crippen LogP) is 1.59. The van der Waals surface area contributed by atoms with Crippen molar-refractivity contribution < 1.29 is 4.79 Å². The lowest BCUT2D eigenvalue weighted by Gasteiger charge is -2.18. The van der Waals surface area contributed by atoms with Crippen LogP contribution in [0.4, 0.5) is 0 Å². The molecule has 2 nitrogen and oxygen atoms in total. The SMILES string of the molecule is C#CC(=O)CCC(CCN)C(C)C. The number of terminal acetylenes is 1. The Hall–Kier alpha value is -0.810. The molecule has 74 valence electrons. The summed E-state index contributed by atoms with van der Waals surface area (Å²) in [7, 11) is 0. The molecule has 1 unspecified atom stereocenters. The second-order valence-corrected chi connectivity index (χ2v) is 3.69. The number of hydrogen-bond donors (Lipinski definition) is 1. The normalized spacial score (nSPS) is 12.5. The molecule has 13 heavy (non-hydrogen) atoms. The van der Waals surface area contributed by atoms with Gasteiger partial charge in [0.15, 0.2) is 0 Å². The van der Waals surface area contributed by atoms with E-state index in [1.807, 2.05) is 0 Å². The van der Waals surface area contributed by atoms with Crippen molar-refractivity contribution in [3.63, 3.8) is 0 Å². The average Bonchev–Trinajstić information content (AvgIpc) is 2.11. The second kappa shape index (κ2) is 6.68. The number of carbonyl (C=O) groups is 1. The molecular weight excluding hydrogens is 162 g/mol. The fraction of sp³-hybridized carbons (Fsp3) is 0.727. The Bertz CT molecular complexity index is 191. The van der Waals surface area contributed by atoms with Gasteiger partial charge < -0.3 is 5.73 Å². The van der Waals surface area contributed by atoms with E-state index < -0.39 is 0 Å². The monoisotopic (exact) mass is 181 g/mol. The van der Waals surface area contributed by atoms with Crippen LogP contribution in [-0.2, 0) is 4.79 Å². The molecule has 0 saturated heterocycles. The minimum absolute atomic E-state index is 0.0947. The van der Waals surface area contributed by atoms with Crippen LogP contribution < -0.4 is 5.73 Å². The Morgan fingerprint density at radius 1 is 1.46 bits per heavy atom. The first-order valence-corrected chi connectivity index (χ1v) is 4.81. The first kappa shape index (κ1) is 12.2. The summed E-state index contributed by atoms with van der Waals surface area (Å²) in [5, 5.41) is 0. The first-order valence-electron chi connectivity index (χ1n) is 4.81. The molecule has 2 N–H and O–H groups in total. The number of Topliss-reactive ketones (excluding diaryl/α,β-unsaturated/α-hetero) is 1. The molecule has 2 heteroatoms. The van der Waals surface area contributed by atoms with Crippen molar-refractivity contribution in [2.75, 3.05) is 6.54 Å². The van der Waals surface area contributed by atoms with Crippen LogP contribution in [0.2, 0.25) is 0 Å². The largest absolute Gasteiger partial charge is 0.330 e. The fourth-order valence-corrected chi connectivity index (χ4v) is 1.41. The van der Waals surface area contributed by atoms with Gasteiger partial charge in [-0.05, 0) is 37.1 Å². The maximum absolute atomic E-state index is 10.9. The third kappa shape index (κ3) is 5.43. The van der Waals surface area contributed by atoms with Crippen molar-refractivity contribution in [1.82, 2.24) is 0 Å². The Morgan fingerprint density at radius 2 is 2.08 bits per heavy atom. The van der Waals surface area contributed by atoms with E-state index in [0.717, 1.165) is 12.8 Å². The van der Waals surface area contributed by atoms with Gasteiger partial charge in [-0.2, -0.15) is 0 Å². The van der Waals surface area contributed by atoms with E-state index in [1.54, 1.807) is 0 Å². The standard InChI is InChI=1S/C11H19NO/c1-4-11(13)6-5-10(7-8-12)9(2)3/h1,9-10H,5-8,12H2,2-3H3.